The number of ketones is 1. The van der Waals surface area contributed by atoms with E-state index in [9.17, 15) is 13.6 Å². The summed E-state index contributed by atoms with van der Waals surface area (Å²) in [4.78, 5) is 14.0. The van der Waals surface area contributed by atoms with Gasteiger partial charge < -0.3 is 0 Å². The zero-order valence-electron chi connectivity index (χ0n) is 10.2. The molecule has 0 saturated carbocycles. The molecule has 0 spiro atoms. The van der Waals surface area contributed by atoms with E-state index in [0.717, 1.165) is 31.0 Å². The molecular weight excluding hydrogens is 256 g/mol. The molecule has 1 aliphatic rings. The van der Waals surface area contributed by atoms with Gasteiger partial charge in [-0.1, -0.05) is 6.92 Å². The van der Waals surface area contributed by atoms with Gasteiger partial charge in [0, 0.05) is 30.2 Å². The molecule has 0 N–H and O–H groups in total. The number of hydrogen-bond donors (Lipinski definition) is 0. The molecule has 2 nitrogen and oxygen atoms in total. The van der Waals surface area contributed by atoms with Crippen LogP contribution in [0.1, 0.15) is 17.3 Å². The maximum atomic E-state index is 13.4. The van der Waals surface area contributed by atoms with Crippen LogP contribution in [0.3, 0.4) is 0 Å². The minimum Gasteiger partial charge on any atom is -0.294 e. The molecule has 0 bridgehead atoms. The van der Waals surface area contributed by atoms with Crippen molar-refractivity contribution < 1.29 is 13.6 Å². The highest BCUT2D eigenvalue weighted by atomic mass is 32.2. The van der Waals surface area contributed by atoms with Gasteiger partial charge in [-0.2, -0.15) is 11.8 Å². The lowest BCUT2D eigenvalue weighted by Crippen LogP contribution is -2.40. The summed E-state index contributed by atoms with van der Waals surface area (Å²) in [5.41, 5.74) is -0.0257. The van der Waals surface area contributed by atoms with Gasteiger partial charge in [-0.25, -0.2) is 8.78 Å². The van der Waals surface area contributed by atoms with Gasteiger partial charge in [0.2, 0.25) is 0 Å². The number of rotatable bonds is 3. The lowest BCUT2D eigenvalue weighted by atomic mass is 10.1. The van der Waals surface area contributed by atoms with E-state index < -0.39 is 11.6 Å². The Balaban J connectivity index is 2.03. The van der Waals surface area contributed by atoms with Crippen molar-refractivity contribution in [3.63, 3.8) is 0 Å². The largest absolute Gasteiger partial charge is 0.294 e. The van der Waals surface area contributed by atoms with Crippen LogP contribution < -0.4 is 0 Å². The Morgan fingerprint density at radius 2 is 2.28 bits per heavy atom. The highest BCUT2D eigenvalue weighted by Gasteiger charge is 2.21. The fourth-order valence-electron chi connectivity index (χ4n) is 2.04. The van der Waals surface area contributed by atoms with Gasteiger partial charge in [0.1, 0.15) is 11.6 Å². The Kier molecular flexibility index (Phi) is 4.35. The first-order valence-electron chi connectivity index (χ1n) is 5.88. The van der Waals surface area contributed by atoms with E-state index in [1.54, 1.807) is 0 Å². The minimum absolute atomic E-state index is 0.0257. The summed E-state index contributed by atoms with van der Waals surface area (Å²) < 4.78 is 26.2. The average molecular weight is 271 g/mol. The lowest BCUT2D eigenvalue weighted by Gasteiger charge is -2.29. The van der Waals surface area contributed by atoms with Crippen LogP contribution in [-0.4, -0.2) is 41.3 Å². The van der Waals surface area contributed by atoms with Crippen molar-refractivity contribution in [2.75, 3.05) is 25.4 Å². The first-order chi connectivity index (χ1) is 8.56. The molecular formula is C13H15F2NOS. The van der Waals surface area contributed by atoms with E-state index in [2.05, 4.69) is 6.92 Å². The number of Topliss-reactive ketones (excluding diaryl/α,β-unsaturated/α-hetero) is 1. The molecule has 0 amide bonds. The average Bonchev–Trinajstić information content (AvgIpc) is 2.28. The molecule has 1 fully saturated rings. The Morgan fingerprint density at radius 1 is 1.50 bits per heavy atom. The highest BCUT2D eigenvalue weighted by molar-refractivity contribution is 7.99. The van der Waals surface area contributed by atoms with Crippen molar-refractivity contribution in [1.29, 1.82) is 0 Å². The van der Waals surface area contributed by atoms with Crippen LogP contribution in [0.4, 0.5) is 8.78 Å². The number of benzene rings is 1. The monoisotopic (exact) mass is 271 g/mol. The second-order valence-electron chi connectivity index (χ2n) is 4.46. The Bertz CT molecular complexity index is 453. The van der Waals surface area contributed by atoms with Crippen LogP contribution in [0.2, 0.25) is 0 Å². The molecule has 1 saturated heterocycles. The summed E-state index contributed by atoms with van der Waals surface area (Å²) in [5, 5.41) is 0.490. The molecule has 0 radical (unpaired) electrons. The van der Waals surface area contributed by atoms with Crippen LogP contribution in [0, 0.1) is 11.6 Å². The van der Waals surface area contributed by atoms with Gasteiger partial charge in [0.05, 0.1) is 12.1 Å². The third-order valence-corrected chi connectivity index (χ3v) is 4.06. The van der Waals surface area contributed by atoms with E-state index >= 15 is 0 Å². The Labute approximate surface area is 109 Å². The lowest BCUT2D eigenvalue weighted by molar-refractivity contribution is 0.0929. The van der Waals surface area contributed by atoms with Crippen molar-refractivity contribution in [2.45, 2.75) is 12.2 Å². The van der Waals surface area contributed by atoms with E-state index in [-0.39, 0.29) is 17.9 Å². The molecule has 0 aliphatic carbocycles. The molecule has 1 aliphatic heterocycles. The second kappa shape index (κ2) is 5.80. The van der Waals surface area contributed by atoms with Gasteiger partial charge in [-0.15, -0.1) is 0 Å². The van der Waals surface area contributed by atoms with Crippen molar-refractivity contribution in [3.8, 4) is 0 Å². The first-order valence-corrected chi connectivity index (χ1v) is 6.93. The normalized spacial score (nSPS) is 20.9. The van der Waals surface area contributed by atoms with Crippen molar-refractivity contribution in [3.05, 3.63) is 35.4 Å². The van der Waals surface area contributed by atoms with Crippen molar-refractivity contribution in [1.82, 2.24) is 4.90 Å². The number of halogens is 2. The third kappa shape index (κ3) is 3.29. The predicted octanol–water partition coefficient (Wildman–Crippen LogP) is 2.58. The summed E-state index contributed by atoms with van der Waals surface area (Å²) in [6, 6.07) is 3.09. The van der Waals surface area contributed by atoms with E-state index in [0.29, 0.717) is 5.25 Å². The zero-order chi connectivity index (χ0) is 13.1. The van der Waals surface area contributed by atoms with E-state index in [4.69, 9.17) is 0 Å². The fraction of sp³-hybridized carbons (Fsp3) is 0.462. The van der Waals surface area contributed by atoms with Crippen LogP contribution >= 0.6 is 11.8 Å². The molecule has 1 aromatic carbocycles. The summed E-state index contributed by atoms with van der Waals surface area (Å²) in [7, 11) is 0. The molecule has 5 heteroatoms. The Hall–Kier alpha value is -0.940. The third-order valence-electron chi connectivity index (χ3n) is 2.92. The van der Waals surface area contributed by atoms with E-state index in [1.807, 2.05) is 16.7 Å². The molecule has 1 atom stereocenters. The van der Waals surface area contributed by atoms with E-state index in [1.165, 1.54) is 6.07 Å². The van der Waals surface area contributed by atoms with Gasteiger partial charge in [0.25, 0.3) is 0 Å². The van der Waals surface area contributed by atoms with Crippen LogP contribution in [-0.2, 0) is 0 Å². The van der Waals surface area contributed by atoms with Crippen molar-refractivity contribution >= 4 is 17.5 Å². The smallest absolute Gasteiger partial charge is 0.179 e. The zero-order valence-corrected chi connectivity index (χ0v) is 11.0. The number of carbonyl (C=O) groups is 1. The topological polar surface area (TPSA) is 20.3 Å². The molecule has 1 heterocycles. The van der Waals surface area contributed by atoms with Crippen LogP contribution in [0.25, 0.3) is 0 Å². The second-order valence-corrected chi connectivity index (χ2v) is 6.01. The minimum atomic E-state index is -0.778. The first kappa shape index (κ1) is 13.5. The molecule has 18 heavy (non-hydrogen) atoms. The fourth-order valence-corrected chi connectivity index (χ4v) is 3.12. The molecule has 0 aromatic heterocycles. The number of hydrogen-bond acceptors (Lipinski definition) is 3. The van der Waals surface area contributed by atoms with Gasteiger partial charge in [0.15, 0.2) is 5.78 Å². The highest BCUT2D eigenvalue weighted by Crippen LogP contribution is 2.18. The Morgan fingerprint density at radius 3 is 2.94 bits per heavy atom. The number of thioether (sulfide) groups is 1. The molecule has 98 valence electrons. The van der Waals surface area contributed by atoms with Gasteiger partial charge in [-0.3, -0.25) is 9.69 Å². The molecule has 1 aromatic rings. The molecule has 1 unspecified atom stereocenters. The quantitative estimate of drug-likeness (QED) is 0.788. The summed E-state index contributed by atoms with van der Waals surface area (Å²) in [5.74, 6) is -0.738. The maximum Gasteiger partial charge on any atom is 0.179 e. The summed E-state index contributed by atoms with van der Waals surface area (Å²) in [6.45, 7) is 3.98. The van der Waals surface area contributed by atoms with Gasteiger partial charge in [-0.05, 0) is 12.1 Å². The van der Waals surface area contributed by atoms with Crippen molar-refractivity contribution in [2.24, 2.45) is 0 Å². The molecule has 2 rings (SSSR count). The predicted molar refractivity (Wildman–Crippen MR) is 69.0 cm³/mol. The van der Waals surface area contributed by atoms with Crippen LogP contribution in [0.15, 0.2) is 18.2 Å². The maximum absolute atomic E-state index is 13.4. The summed E-state index contributed by atoms with van der Waals surface area (Å²) in [6.07, 6.45) is 0. The number of carbonyl (C=O) groups excluding carboxylic acids is 1. The van der Waals surface area contributed by atoms with Crippen LogP contribution in [0.5, 0.6) is 0 Å². The summed E-state index contributed by atoms with van der Waals surface area (Å²) >= 11 is 1.87. The standard InChI is InChI=1S/C13H15F2NOS/c1-9-7-16(4-5-18-9)8-13(17)11-3-2-10(14)6-12(11)15/h2-3,6,9H,4-5,7-8H2,1H3. The van der Waals surface area contributed by atoms with Gasteiger partial charge >= 0.3 is 0 Å². The number of nitrogens with zero attached hydrogens (tertiary/aromatic N) is 1. The SMILES string of the molecule is CC1CN(CC(=O)c2ccc(F)cc2F)CCS1.